The Morgan fingerprint density at radius 2 is 2.25 bits per heavy atom. The lowest BCUT2D eigenvalue weighted by Gasteiger charge is -2.15. The normalized spacial score (nSPS) is 13.9. The summed E-state index contributed by atoms with van der Waals surface area (Å²) in [6.07, 6.45) is 2.44. The van der Waals surface area contributed by atoms with Crippen LogP contribution in [0.1, 0.15) is 16.1 Å². The van der Waals surface area contributed by atoms with Gasteiger partial charge in [-0.15, -0.1) is 0 Å². The quantitative estimate of drug-likeness (QED) is 0.751. The summed E-state index contributed by atoms with van der Waals surface area (Å²) >= 11 is 1.06. The van der Waals surface area contributed by atoms with Crippen molar-refractivity contribution in [2.24, 2.45) is 0 Å². The van der Waals surface area contributed by atoms with Gasteiger partial charge in [0.15, 0.2) is 5.69 Å². The van der Waals surface area contributed by atoms with Crippen molar-refractivity contribution in [2.75, 3.05) is 11.4 Å². The number of nitrogens with zero attached hydrogens (tertiary/aromatic N) is 3. The van der Waals surface area contributed by atoms with Crippen LogP contribution in [-0.2, 0) is 6.42 Å². The maximum absolute atomic E-state index is 12.1. The van der Waals surface area contributed by atoms with Gasteiger partial charge in [-0.1, -0.05) is 18.2 Å². The topological polar surface area (TPSA) is 46.1 Å². The summed E-state index contributed by atoms with van der Waals surface area (Å²) in [5.74, 6) is -0.0568. The molecule has 0 bridgehead atoms. The first kappa shape index (κ1) is 9.47. The van der Waals surface area contributed by atoms with Crippen LogP contribution >= 0.6 is 11.7 Å². The number of fused-ring (bicyclic) bond motifs is 1. The van der Waals surface area contributed by atoms with Crippen molar-refractivity contribution in [3.8, 4) is 0 Å². The zero-order chi connectivity index (χ0) is 11.0. The summed E-state index contributed by atoms with van der Waals surface area (Å²) < 4.78 is 7.83. The fourth-order valence-electron chi connectivity index (χ4n) is 1.95. The molecule has 5 heteroatoms. The molecule has 1 amide bonds. The number of benzene rings is 1. The minimum atomic E-state index is -0.0568. The number of aromatic nitrogens is 2. The van der Waals surface area contributed by atoms with Crippen LogP contribution in [0.5, 0.6) is 0 Å². The number of rotatable bonds is 1. The van der Waals surface area contributed by atoms with Gasteiger partial charge in [-0.2, -0.15) is 8.75 Å². The van der Waals surface area contributed by atoms with Crippen LogP contribution in [-0.4, -0.2) is 21.2 Å². The van der Waals surface area contributed by atoms with E-state index in [4.69, 9.17) is 0 Å². The van der Waals surface area contributed by atoms with E-state index in [1.165, 1.54) is 11.8 Å². The molecule has 0 unspecified atom stereocenters. The smallest absolute Gasteiger partial charge is 0.279 e. The van der Waals surface area contributed by atoms with Crippen molar-refractivity contribution >= 4 is 23.3 Å². The molecule has 16 heavy (non-hydrogen) atoms. The molecule has 0 saturated carbocycles. The molecule has 0 atom stereocenters. The van der Waals surface area contributed by atoms with E-state index >= 15 is 0 Å². The predicted octanol–water partition coefficient (Wildman–Crippen LogP) is 1.74. The van der Waals surface area contributed by atoms with E-state index in [1.807, 2.05) is 18.2 Å². The second-order valence-electron chi connectivity index (χ2n) is 3.63. The summed E-state index contributed by atoms with van der Waals surface area (Å²) in [6.45, 7) is 0.732. The van der Waals surface area contributed by atoms with Gasteiger partial charge in [-0.3, -0.25) is 4.79 Å². The van der Waals surface area contributed by atoms with Crippen molar-refractivity contribution in [1.29, 1.82) is 0 Å². The van der Waals surface area contributed by atoms with Crippen LogP contribution in [0.2, 0.25) is 0 Å². The molecule has 1 aliphatic heterocycles. The Morgan fingerprint density at radius 1 is 1.38 bits per heavy atom. The first-order valence-corrected chi connectivity index (χ1v) is 5.76. The molecule has 2 heterocycles. The van der Waals surface area contributed by atoms with Crippen LogP contribution < -0.4 is 4.90 Å². The van der Waals surface area contributed by atoms with Crippen LogP contribution in [0.15, 0.2) is 30.5 Å². The van der Waals surface area contributed by atoms with E-state index < -0.39 is 0 Å². The van der Waals surface area contributed by atoms with E-state index in [9.17, 15) is 4.79 Å². The summed E-state index contributed by atoms with van der Waals surface area (Å²) in [7, 11) is 0. The number of anilines is 1. The van der Waals surface area contributed by atoms with Crippen molar-refractivity contribution in [2.45, 2.75) is 6.42 Å². The number of carbonyl (C=O) groups excluding carboxylic acids is 1. The predicted molar refractivity (Wildman–Crippen MR) is 61.7 cm³/mol. The third kappa shape index (κ3) is 1.40. The third-order valence-corrected chi connectivity index (χ3v) is 3.19. The van der Waals surface area contributed by atoms with E-state index in [0.29, 0.717) is 5.69 Å². The number of hydrogen-bond acceptors (Lipinski definition) is 4. The molecule has 1 aromatic heterocycles. The zero-order valence-corrected chi connectivity index (χ0v) is 9.28. The Morgan fingerprint density at radius 3 is 3.06 bits per heavy atom. The standard InChI is InChI=1S/C11H9N3OS/c15-11(9-7-12-16-13-9)14-6-5-8-3-1-2-4-10(8)14/h1-4,7H,5-6H2. The summed E-state index contributed by atoms with van der Waals surface area (Å²) in [4.78, 5) is 13.9. The maximum atomic E-state index is 12.1. The van der Waals surface area contributed by atoms with Crippen molar-refractivity contribution in [3.05, 3.63) is 41.7 Å². The lowest BCUT2D eigenvalue weighted by Crippen LogP contribution is -2.29. The van der Waals surface area contributed by atoms with Gasteiger partial charge in [0.05, 0.1) is 17.9 Å². The van der Waals surface area contributed by atoms with Crippen LogP contribution in [0, 0.1) is 0 Å². The van der Waals surface area contributed by atoms with E-state index in [-0.39, 0.29) is 5.91 Å². The average Bonchev–Trinajstić information content (AvgIpc) is 2.98. The Bertz CT molecular complexity index is 524. The Kier molecular flexibility index (Phi) is 2.18. The molecule has 1 aromatic carbocycles. The van der Waals surface area contributed by atoms with Crippen molar-refractivity contribution in [1.82, 2.24) is 8.75 Å². The summed E-state index contributed by atoms with van der Waals surface area (Å²) in [5, 5.41) is 0. The fourth-order valence-corrected chi connectivity index (χ4v) is 2.35. The minimum absolute atomic E-state index is 0.0568. The summed E-state index contributed by atoms with van der Waals surface area (Å²) in [6, 6.07) is 7.98. The highest BCUT2D eigenvalue weighted by Gasteiger charge is 2.26. The molecule has 0 fully saturated rings. The van der Waals surface area contributed by atoms with Gasteiger partial charge < -0.3 is 4.90 Å². The van der Waals surface area contributed by atoms with Gasteiger partial charge in [0.25, 0.3) is 5.91 Å². The second kappa shape index (κ2) is 3.68. The van der Waals surface area contributed by atoms with Crippen LogP contribution in [0.25, 0.3) is 0 Å². The van der Waals surface area contributed by atoms with Gasteiger partial charge >= 0.3 is 0 Å². The molecule has 0 N–H and O–H groups in total. The Hall–Kier alpha value is -1.75. The number of hydrogen-bond donors (Lipinski definition) is 0. The zero-order valence-electron chi connectivity index (χ0n) is 8.46. The third-order valence-electron chi connectivity index (χ3n) is 2.71. The Balaban J connectivity index is 1.96. The maximum Gasteiger partial charge on any atom is 0.279 e. The minimum Gasteiger partial charge on any atom is -0.306 e. The van der Waals surface area contributed by atoms with Crippen molar-refractivity contribution in [3.63, 3.8) is 0 Å². The number of para-hydroxylation sites is 1. The molecule has 0 aliphatic carbocycles. The molecule has 3 rings (SSSR count). The average molecular weight is 231 g/mol. The van der Waals surface area contributed by atoms with Crippen molar-refractivity contribution < 1.29 is 4.79 Å². The Labute approximate surface area is 96.9 Å². The molecule has 2 aromatic rings. The fraction of sp³-hybridized carbons (Fsp3) is 0.182. The molecule has 1 aliphatic rings. The first-order valence-electron chi connectivity index (χ1n) is 5.03. The highest BCUT2D eigenvalue weighted by Crippen LogP contribution is 2.28. The lowest BCUT2D eigenvalue weighted by atomic mass is 10.2. The molecule has 0 spiro atoms. The van der Waals surface area contributed by atoms with Gasteiger partial charge in [0.1, 0.15) is 0 Å². The van der Waals surface area contributed by atoms with Gasteiger partial charge in [-0.25, -0.2) is 0 Å². The molecule has 80 valence electrons. The summed E-state index contributed by atoms with van der Waals surface area (Å²) in [5.41, 5.74) is 2.65. The van der Waals surface area contributed by atoms with Gasteiger partial charge in [0.2, 0.25) is 0 Å². The molecule has 0 radical (unpaired) electrons. The highest BCUT2D eigenvalue weighted by molar-refractivity contribution is 6.99. The van der Waals surface area contributed by atoms with Gasteiger partial charge in [0, 0.05) is 12.2 Å². The molecule has 0 saturated heterocycles. The molecular weight excluding hydrogens is 222 g/mol. The second-order valence-corrected chi connectivity index (χ2v) is 4.18. The van der Waals surface area contributed by atoms with E-state index in [2.05, 4.69) is 14.8 Å². The van der Waals surface area contributed by atoms with Crippen LogP contribution in [0.3, 0.4) is 0 Å². The number of amides is 1. The molecule has 4 nitrogen and oxygen atoms in total. The van der Waals surface area contributed by atoms with E-state index in [1.54, 1.807) is 4.90 Å². The number of carbonyl (C=O) groups is 1. The highest BCUT2D eigenvalue weighted by atomic mass is 32.1. The monoisotopic (exact) mass is 231 g/mol. The van der Waals surface area contributed by atoms with Gasteiger partial charge in [-0.05, 0) is 18.1 Å². The molecular formula is C11H9N3OS. The SMILES string of the molecule is O=C(c1cnsn1)N1CCc2ccccc21. The largest absolute Gasteiger partial charge is 0.306 e. The van der Waals surface area contributed by atoms with E-state index in [0.717, 1.165) is 30.4 Å². The van der Waals surface area contributed by atoms with Crippen LogP contribution in [0.4, 0.5) is 5.69 Å². The first-order chi connectivity index (χ1) is 7.86. The lowest BCUT2D eigenvalue weighted by molar-refractivity contribution is 0.0985.